The van der Waals surface area contributed by atoms with Crippen molar-refractivity contribution in [2.75, 3.05) is 0 Å². The van der Waals surface area contributed by atoms with E-state index in [1.807, 2.05) is 0 Å². The summed E-state index contributed by atoms with van der Waals surface area (Å²) >= 11 is 3.49. The molecule has 4 aromatic carbocycles. The molecule has 2 heterocycles. The molecule has 6 rings (SSSR count). The second-order valence-corrected chi connectivity index (χ2v) is 10.6. The van der Waals surface area contributed by atoms with Crippen molar-refractivity contribution >= 4 is 55.3 Å². The zero-order chi connectivity index (χ0) is 23.1. The van der Waals surface area contributed by atoms with E-state index in [0.717, 1.165) is 32.2 Å². The van der Waals surface area contributed by atoms with Gasteiger partial charge in [0.05, 0.1) is 20.4 Å². The third-order valence-corrected chi connectivity index (χ3v) is 8.04. The Morgan fingerprint density at radius 2 is 0.941 bits per heavy atom. The van der Waals surface area contributed by atoms with Gasteiger partial charge in [0.25, 0.3) is 0 Å². The maximum atomic E-state index is 4.81. The molecule has 0 atom stereocenters. The van der Waals surface area contributed by atoms with Crippen molar-refractivity contribution in [1.82, 2.24) is 9.97 Å². The van der Waals surface area contributed by atoms with E-state index >= 15 is 0 Å². The predicted molar refractivity (Wildman–Crippen MR) is 149 cm³/mol. The lowest BCUT2D eigenvalue weighted by molar-refractivity contribution is 1.44. The molecular formula is C30H22N2S2. The Morgan fingerprint density at radius 1 is 0.529 bits per heavy atom. The van der Waals surface area contributed by atoms with Gasteiger partial charge in [0, 0.05) is 11.1 Å². The molecule has 0 bridgehead atoms. The molecule has 2 nitrogen and oxygen atoms in total. The Bertz CT molecular complexity index is 1530. The van der Waals surface area contributed by atoms with E-state index in [-0.39, 0.29) is 0 Å². The van der Waals surface area contributed by atoms with Gasteiger partial charge in [-0.2, -0.15) is 0 Å². The first kappa shape index (κ1) is 21.0. The van der Waals surface area contributed by atoms with Crippen LogP contribution in [-0.4, -0.2) is 9.97 Å². The van der Waals surface area contributed by atoms with Crippen LogP contribution >= 0.6 is 22.7 Å². The van der Waals surface area contributed by atoms with Crippen molar-refractivity contribution in [3.63, 3.8) is 0 Å². The van der Waals surface area contributed by atoms with E-state index in [9.17, 15) is 0 Å². The lowest BCUT2D eigenvalue weighted by Crippen LogP contribution is -1.79. The van der Waals surface area contributed by atoms with Gasteiger partial charge in [0.1, 0.15) is 10.0 Å². The molecule has 0 unspecified atom stereocenters. The largest absolute Gasteiger partial charge is 0.236 e. The number of rotatable bonds is 4. The molecule has 0 aliphatic rings. The fourth-order valence-electron chi connectivity index (χ4n) is 3.99. The first-order valence-electron chi connectivity index (χ1n) is 11.2. The Balaban J connectivity index is 1.18. The Morgan fingerprint density at radius 3 is 1.35 bits per heavy atom. The van der Waals surface area contributed by atoms with E-state index in [1.54, 1.807) is 22.7 Å². The van der Waals surface area contributed by atoms with Crippen molar-refractivity contribution in [1.29, 1.82) is 0 Å². The molecule has 0 spiro atoms. The van der Waals surface area contributed by atoms with E-state index < -0.39 is 0 Å². The van der Waals surface area contributed by atoms with Crippen molar-refractivity contribution < 1.29 is 0 Å². The van der Waals surface area contributed by atoms with Crippen molar-refractivity contribution in [3.8, 4) is 21.1 Å². The molecule has 0 amide bonds. The summed E-state index contributed by atoms with van der Waals surface area (Å²) in [4.78, 5) is 9.63. The first-order chi connectivity index (χ1) is 16.6. The van der Waals surface area contributed by atoms with Crippen LogP contribution in [0.4, 0.5) is 0 Å². The molecule has 0 N–H and O–H groups in total. The molecule has 0 aliphatic carbocycles. The SMILES string of the molecule is Cc1ccc2sc(-c3ccc(/C=C/c4ccc(-c5nc6cc(C)ccc6s5)cc4)cc3)nc2c1. The van der Waals surface area contributed by atoms with Crippen LogP contribution in [0, 0.1) is 13.8 Å². The van der Waals surface area contributed by atoms with Crippen molar-refractivity contribution in [2.45, 2.75) is 13.8 Å². The lowest BCUT2D eigenvalue weighted by atomic mass is 10.1. The fraction of sp³-hybridized carbons (Fsp3) is 0.0667. The molecule has 164 valence electrons. The van der Waals surface area contributed by atoms with E-state index in [2.05, 4.69) is 111 Å². The highest BCUT2D eigenvalue weighted by Gasteiger charge is 2.07. The normalized spacial score (nSPS) is 11.7. The van der Waals surface area contributed by atoms with Gasteiger partial charge in [-0.05, 0) is 60.4 Å². The summed E-state index contributed by atoms with van der Waals surface area (Å²) in [6, 6.07) is 30.1. The second-order valence-electron chi connectivity index (χ2n) is 8.56. The van der Waals surface area contributed by atoms with E-state index in [4.69, 9.17) is 9.97 Å². The topological polar surface area (TPSA) is 25.8 Å². The quantitative estimate of drug-likeness (QED) is 0.238. The first-order valence-corrected chi connectivity index (χ1v) is 12.9. The van der Waals surface area contributed by atoms with Crippen LogP contribution in [-0.2, 0) is 0 Å². The maximum absolute atomic E-state index is 4.81. The summed E-state index contributed by atoms with van der Waals surface area (Å²) in [5.74, 6) is 0. The van der Waals surface area contributed by atoms with Crippen molar-refractivity contribution in [2.24, 2.45) is 0 Å². The van der Waals surface area contributed by atoms with Crippen LogP contribution in [0.1, 0.15) is 22.3 Å². The summed E-state index contributed by atoms with van der Waals surface area (Å²) in [5, 5.41) is 2.13. The number of fused-ring (bicyclic) bond motifs is 2. The Labute approximate surface area is 206 Å². The number of aryl methyl sites for hydroxylation is 2. The third-order valence-electron chi connectivity index (χ3n) is 5.87. The highest BCUT2D eigenvalue weighted by molar-refractivity contribution is 7.22. The second kappa shape index (κ2) is 8.64. The lowest BCUT2D eigenvalue weighted by Gasteiger charge is -1.99. The molecule has 0 saturated carbocycles. The minimum Gasteiger partial charge on any atom is -0.236 e. The van der Waals surface area contributed by atoms with E-state index in [1.165, 1.54) is 31.7 Å². The average Bonchev–Trinajstić information content (AvgIpc) is 3.47. The van der Waals surface area contributed by atoms with Gasteiger partial charge in [-0.1, -0.05) is 72.8 Å². The molecule has 34 heavy (non-hydrogen) atoms. The minimum absolute atomic E-state index is 1.07. The number of benzene rings is 4. The van der Waals surface area contributed by atoms with Gasteiger partial charge in [-0.25, -0.2) is 9.97 Å². The van der Waals surface area contributed by atoms with Crippen LogP contribution < -0.4 is 0 Å². The summed E-state index contributed by atoms with van der Waals surface area (Å²) in [7, 11) is 0. The number of aromatic nitrogens is 2. The zero-order valence-electron chi connectivity index (χ0n) is 18.9. The summed E-state index contributed by atoms with van der Waals surface area (Å²) in [6.45, 7) is 4.21. The highest BCUT2D eigenvalue weighted by atomic mass is 32.1. The van der Waals surface area contributed by atoms with Gasteiger partial charge < -0.3 is 0 Å². The molecule has 0 aliphatic heterocycles. The van der Waals surface area contributed by atoms with Gasteiger partial charge in [0.2, 0.25) is 0 Å². The van der Waals surface area contributed by atoms with Crippen LogP contribution in [0.25, 0.3) is 53.7 Å². The van der Waals surface area contributed by atoms with Crippen LogP contribution in [0.3, 0.4) is 0 Å². The monoisotopic (exact) mass is 474 g/mol. The van der Waals surface area contributed by atoms with Crippen LogP contribution in [0.15, 0.2) is 84.9 Å². The zero-order valence-corrected chi connectivity index (χ0v) is 20.6. The van der Waals surface area contributed by atoms with Gasteiger partial charge in [-0.15, -0.1) is 22.7 Å². The van der Waals surface area contributed by atoms with Crippen LogP contribution in [0.5, 0.6) is 0 Å². The number of thiazole rings is 2. The van der Waals surface area contributed by atoms with Gasteiger partial charge >= 0.3 is 0 Å². The molecule has 0 radical (unpaired) electrons. The standard InChI is InChI=1S/C30H22N2S2/c1-19-3-15-27-25(17-19)31-29(33-27)23-11-7-21(8-12-23)5-6-22-9-13-24(14-10-22)30-32-26-18-20(2)4-16-28(26)34-30/h3-18H,1-2H3/b6-5+. The summed E-state index contributed by atoms with van der Waals surface area (Å²) in [5.41, 5.74) is 9.30. The number of hydrogen-bond acceptors (Lipinski definition) is 4. The molecular weight excluding hydrogens is 452 g/mol. The molecule has 4 heteroatoms. The number of nitrogens with zero attached hydrogens (tertiary/aromatic N) is 2. The molecule has 0 saturated heterocycles. The fourth-order valence-corrected chi connectivity index (χ4v) is 5.89. The maximum Gasteiger partial charge on any atom is 0.124 e. The molecule has 0 fully saturated rings. The van der Waals surface area contributed by atoms with Gasteiger partial charge in [0.15, 0.2) is 0 Å². The third kappa shape index (κ3) is 4.18. The van der Waals surface area contributed by atoms with Crippen molar-refractivity contribution in [3.05, 3.63) is 107 Å². The van der Waals surface area contributed by atoms with E-state index in [0.29, 0.717) is 0 Å². The Kier molecular flexibility index (Phi) is 5.33. The molecule has 6 aromatic rings. The van der Waals surface area contributed by atoms with Crippen LogP contribution in [0.2, 0.25) is 0 Å². The highest BCUT2D eigenvalue weighted by Crippen LogP contribution is 2.32. The molecule has 2 aromatic heterocycles. The minimum atomic E-state index is 1.07. The summed E-state index contributed by atoms with van der Waals surface area (Å²) in [6.07, 6.45) is 4.31. The Hall–Kier alpha value is -3.60. The number of hydrogen-bond donors (Lipinski definition) is 0. The van der Waals surface area contributed by atoms with Gasteiger partial charge in [-0.3, -0.25) is 0 Å². The summed E-state index contributed by atoms with van der Waals surface area (Å²) < 4.78 is 2.46. The smallest absolute Gasteiger partial charge is 0.124 e. The predicted octanol–water partition coefficient (Wildman–Crippen LogP) is 9.03. The average molecular weight is 475 g/mol.